The van der Waals surface area contributed by atoms with Crippen LogP contribution in [0.5, 0.6) is 5.75 Å². The van der Waals surface area contributed by atoms with Crippen LogP contribution in [0.15, 0.2) is 30.3 Å². The lowest BCUT2D eigenvalue weighted by molar-refractivity contribution is -0.193. The molecule has 17 heavy (non-hydrogen) atoms. The third-order valence-corrected chi connectivity index (χ3v) is 2.73. The average Bonchev–Trinajstić information content (AvgIpc) is 2.34. The highest BCUT2D eigenvalue weighted by molar-refractivity contribution is 5.82. The van der Waals surface area contributed by atoms with Crippen LogP contribution in [0, 0.1) is 0 Å². The van der Waals surface area contributed by atoms with Gasteiger partial charge in [0.25, 0.3) is 5.91 Å². The van der Waals surface area contributed by atoms with Crippen LogP contribution in [0.4, 0.5) is 0 Å². The minimum absolute atomic E-state index is 0.0505. The molecule has 0 spiro atoms. The number of nitrogens with zero attached hydrogens (tertiary/aromatic N) is 1. The summed E-state index contributed by atoms with van der Waals surface area (Å²) in [6, 6.07) is 8.85. The molecule has 0 radical (unpaired) electrons. The molecule has 0 aromatic heterocycles. The summed E-state index contributed by atoms with van der Waals surface area (Å²) in [5, 5.41) is 1.33. The number of nitrogens with two attached hydrogens (primary N) is 1. The number of methoxy groups -OCH3 is 1. The summed E-state index contributed by atoms with van der Waals surface area (Å²) < 4.78 is 4.98. The van der Waals surface area contributed by atoms with Crippen LogP contribution >= 0.6 is 0 Å². The molecule has 1 aromatic carbocycles. The first-order valence-corrected chi connectivity index (χ1v) is 5.52. The molecule has 1 aliphatic heterocycles. The van der Waals surface area contributed by atoms with Crippen LogP contribution in [0.1, 0.15) is 6.42 Å². The fourth-order valence-corrected chi connectivity index (χ4v) is 1.77. The summed E-state index contributed by atoms with van der Waals surface area (Å²) in [5.41, 5.74) is 5.90. The van der Waals surface area contributed by atoms with E-state index in [1.165, 1.54) is 5.06 Å². The number of hydroxylamine groups is 2. The van der Waals surface area contributed by atoms with Crippen molar-refractivity contribution in [2.24, 2.45) is 5.73 Å². The lowest BCUT2D eigenvalue weighted by Crippen LogP contribution is -2.62. The number of carbonyl (C=O) groups is 1. The van der Waals surface area contributed by atoms with Crippen LogP contribution in [-0.4, -0.2) is 36.8 Å². The zero-order valence-electron chi connectivity index (χ0n) is 9.70. The van der Waals surface area contributed by atoms with Crippen molar-refractivity contribution in [2.45, 2.75) is 18.5 Å². The minimum Gasteiger partial charge on any atom is -0.383 e. The number of amides is 1. The first-order valence-electron chi connectivity index (χ1n) is 5.52. The number of para-hydroxylation sites is 1. The van der Waals surface area contributed by atoms with Crippen molar-refractivity contribution < 1.29 is 14.4 Å². The van der Waals surface area contributed by atoms with Gasteiger partial charge in [0.15, 0.2) is 5.75 Å². The molecule has 5 nitrogen and oxygen atoms in total. The standard InChI is InChI=1S/C12H16N2O3/c1-16-8-10(13)11-7-12(15)14(11)17-9-5-3-2-4-6-9/h2-6,10-11H,7-8,13H2,1H3. The van der Waals surface area contributed by atoms with E-state index < -0.39 is 0 Å². The van der Waals surface area contributed by atoms with Crippen molar-refractivity contribution in [2.75, 3.05) is 13.7 Å². The Bertz CT molecular complexity index is 383. The molecule has 1 saturated heterocycles. The number of carbonyl (C=O) groups excluding carboxylic acids is 1. The summed E-state index contributed by atoms with van der Waals surface area (Å²) in [5.74, 6) is 0.584. The second-order valence-electron chi connectivity index (χ2n) is 4.01. The molecule has 2 rings (SSSR count). The van der Waals surface area contributed by atoms with Gasteiger partial charge in [-0.3, -0.25) is 4.79 Å². The Morgan fingerprint density at radius 3 is 2.76 bits per heavy atom. The SMILES string of the molecule is COCC(N)C1CC(=O)N1Oc1ccccc1. The molecule has 1 fully saturated rings. The molecule has 0 saturated carbocycles. The van der Waals surface area contributed by atoms with Gasteiger partial charge in [-0.25, -0.2) is 0 Å². The van der Waals surface area contributed by atoms with Crippen LogP contribution in [0.3, 0.4) is 0 Å². The van der Waals surface area contributed by atoms with Crippen molar-refractivity contribution in [3.8, 4) is 5.75 Å². The maximum atomic E-state index is 11.5. The number of β-lactam (4-membered cyclic amide) rings is 1. The van der Waals surface area contributed by atoms with Gasteiger partial charge in [0.1, 0.15) is 0 Å². The van der Waals surface area contributed by atoms with E-state index in [1.54, 1.807) is 19.2 Å². The Labute approximate surface area is 100 Å². The second kappa shape index (κ2) is 5.16. The number of rotatable bonds is 5. The van der Waals surface area contributed by atoms with E-state index in [0.717, 1.165) is 0 Å². The highest BCUT2D eigenvalue weighted by atomic mass is 16.7. The van der Waals surface area contributed by atoms with E-state index in [9.17, 15) is 4.79 Å². The van der Waals surface area contributed by atoms with E-state index in [4.69, 9.17) is 15.3 Å². The lowest BCUT2D eigenvalue weighted by atomic mass is 9.98. The van der Waals surface area contributed by atoms with E-state index >= 15 is 0 Å². The monoisotopic (exact) mass is 236 g/mol. The van der Waals surface area contributed by atoms with Crippen LogP contribution in [0.25, 0.3) is 0 Å². The van der Waals surface area contributed by atoms with Crippen LogP contribution < -0.4 is 10.6 Å². The predicted octanol–water partition coefficient (Wildman–Crippen LogP) is 0.555. The molecule has 2 atom stereocenters. The Balaban J connectivity index is 1.97. The van der Waals surface area contributed by atoms with Gasteiger partial charge in [-0.2, -0.15) is 5.06 Å². The summed E-state index contributed by atoms with van der Waals surface area (Å²) in [4.78, 5) is 16.9. The predicted molar refractivity (Wildman–Crippen MR) is 62.2 cm³/mol. The number of ether oxygens (including phenoxy) is 1. The molecule has 0 bridgehead atoms. The molecular formula is C12H16N2O3. The first-order chi connectivity index (χ1) is 8.22. The van der Waals surface area contributed by atoms with Crippen LogP contribution in [0.2, 0.25) is 0 Å². The largest absolute Gasteiger partial charge is 0.383 e. The first kappa shape index (κ1) is 11.9. The van der Waals surface area contributed by atoms with E-state index in [1.807, 2.05) is 18.2 Å². The summed E-state index contributed by atoms with van der Waals surface area (Å²) in [6.07, 6.45) is 0.414. The van der Waals surface area contributed by atoms with Crippen LogP contribution in [-0.2, 0) is 9.53 Å². The quantitative estimate of drug-likeness (QED) is 0.758. The van der Waals surface area contributed by atoms with E-state index in [-0.39, 0.29) is 18.0 Å². The topological polar surface area (TPSA) is 64.8 Å². The van der Waals surface area contributed by atoms with Crippen molar-refractivity contribution in [1.29, 1.82) is 0 Å². The number of hydrogen-bond donors (Lipinski definition) is 1. The molecule has 0 aliphatic carbocycles. The normalized spacial score (nSPS) is 20.9. The molecule has 1 aromatic rings. The van der Waals surface area contributed by atoms with E-state index in [0.29, 0.717) is 18.8 Å². The number of benzene rings is 1. The smallest absolute Gasteiger partial charge is 0.257 e. The summed E-state index contributed by atoms with van der Waals surface area (Å²) in [7, 11) is 1.59. The zero-order chi connectivity index (χ0) is 12.3. The second-order valence-corrected chi connectivity index (χ2v) is 4.01. The highest BCUT2D eigenvalue weighted by Crippen LogP contribution is 2.24. The van der Waals surface area contributed by atoms with Crippen molar-refractivity contribution >= 4 is 5.91 Å². The van der Waals surface area contributed by atoms with Crippen molar-refractivity contribution in [3.63, 3.8) is 0 Å². The Hall–Kier alpha value is -1.59. The van der Waals surface area contributed by atoms with Gasteiger partial charge in [0.2, 0.25) is 0 Å². The summed E-state index contributed by atoms with van der Waals surface area (Å²) >= 11 is 0. The minimum atomic E-state index is -0.221. The molecule has 92 valence electrons. The van der Waals surface area contributed by atoms with Gasteiger partial charge in [-0.05, 0) is 12.1 Å². The Morgan fingerprint density at radius 1 is 1.47 bits per heavy atom. The third kappa shape index (κ3) is 2.57. The Kier molecular flexibility index (Phi) is 3.61. The highest BCUT2D eigenvalue weighted by Gasteiger charge is 2.42. The van der Waals surface area contributed by atoms with Gasteiger partial charge < -0.3 is 15.3 Å². The van der Waals surface area contributed by atoms with Gasteiger partial charge >= 0.3 is 0 Å². The zero-order valence-corrected chi connectivity index (χ0v) is 9.70. The third-order valence-electron chi connectivity index (χ3n) is 2.73. The molecule has 1 aliphatic rings. The number of hydrogen-bond acceptors (Lipinski definition) is 4. The lowest BCUT2D eigenvalue weighted by Gasteiger charge is -2.41. The van der Waals surface area contributed by atoms with Crippen molar-refractivity contribution in [3.05, 3.63) is 30.3 Å². The maximum Gasteiger partial charge on any atom is 0.257 e. The van der Waals surface area contributed by atoms with Gasteiger partial charge in [0, 0.05) is 7.11 Å². The molecule has 5 heteroatoms. The van der Waals surface area contributed by atoms with Crippen molar-refractivity contribution in [1.82, 2.24) is 5.06 Å². The Morgan fingerprint density at radius 2 is 2.18 bits per heavy atom. The molecule has 2 unspecified atom stereocenters. The molecule has 1 amide bonds. The average molecular weight is 236 g/mol. The van der Waals surface area contributed by atoms with E-state index in [2.05, 4.69) is 0 Å². The molecule has 1 heterocycles. The fraction of sp³-hybridized carbons (Fsp3) is 0.417. The van der Waals surface area contributed by atoms with Gasteiger partial charge in [0.05, 0.1) is 25.1 Å². The maximum absolute atomic E-state index is 11.5. The molecule has 2 N–H and O–H groups in total. The fourth-order valence-electron chi connectivity index (χ4n) is 1.77. The van der Waals surface area contributed by atoms with Gasteiger partial charge in [-0.15, -0.1) is 0 Å². The summed E-state index contributed by atoms with van der Waals surface area (Å²) in [6.45, 7) is 0.409. The molecular weight excluding hydrogens is 220 g/mol. The van der Waals surface area contributed by atoms with Gasteiger partial charge in [-0.1, -0.05) is 18.2 Å².